The van der Waals surface area contributed by atoms with Gasteiger partial charge in [-0.05, 0) is 33.7 Å². The molecule has 0 unspecified atom stereocenters. The predicted molar refractivity (Wildman–Crippen MR) is 67.1 cm³/mol. The Kier molecular flexibility index (Phi) is 6.09. The third kappa shape index (κ3) is 5.15. The van der Waals surface area contributed by atoms with Crippen molar-refractivity contribution >= 4 is 6.29 Å². The molecular weight excluding hydrogens is 218 g/mol. The van der Waals surface area contributed by atoms with Crippen LogP contribution in [0.5, 0.6) is 0 Å². The van der Waals surface area contributed by atoms with E-state index in [9.17, 15) is 4.79 Å². The summed E-state index contributed by atoms with van der Waals surface area (Å²) in [6.07, 6.45) is 3.07. The Morgan fingerprint density at radius 3 is 2.59 bits per heavy atom. The molecule has 100 valence electrons. The molecule has 1 aliphatic rings. The molecule has 1 fully saturated rings. The van der Waals surface area contributed by atoms with E-state index >= 15 is 0 Å². The van der Waals surface area contributed by atoms with Gasteiger partial charge < -0.3 is 19.2 Å². The van der Waals surface area contributed by atoms with Crippen LogP contribution in [-0.4, -0.2) is 57.2 Å². The lowest BCUT2D eigenvalue weighted by atomic mass is 9.81. The van der Waals surface area contributed by atoms with Crippen LogP contribution in [0.25, 0.3) is 0 Å². The van der Waals surface area contributed by atoms with E-state index in [4.69, 9.17) is 9.47 Å². The fourth-order valence-electron chi connectivity index (χ4n) is 2.15. The van der Waals surface area contributed by atoms with Crippen molar-refractivity contribution in [3.05, 3.63) is 0 Å². The number of hydrogen-bond acceptors (Lipinski definition) is 4. The van der Waals surface area contributed by atoms with E-state index in [0.717, 1.165) is 38.8 Å². The number of ether oxygens (including phenoxy) is 2. The van der Waals surface area contributed by atoms with Crippen molar-refractivity contribution in [2.24, 2.45) is 5.41 Å². The Morgan fingerprint density at radius 1 is 1.41 bits per heavy atom. The molecule has 0 saturated carbocycles. The summed E-state index contributed by atoms with van der Waals surface area (Å²) in [5.41, 5.74) is -0.204. The van der Waals surface area contributed by atoms with E-state index in [-0.39, 0.29) is 11.5 Å². The van der Waals surface area contributed by atoms with E-state index in [2.05, 4.69) is 4.90 Å². The summed E-state index contributed by atoms with van der Waals surface area (Å²) in [7, 11) is 2.05. The third-order valence-corrected chi connectivity index (χ3v) is 3.25. The fourth-order valence-corrected chi connectivity index (χ4v) is 2.15. The highest BCUT2D eigenvalue weighted by Crippen LogP contribution is 2.28. The van der Waals surface area contributed by atoms with Gasteiger partial charge in [-0.1, -0.05) is 0 Å². The predicted octanol–water partition coefficient (Wildman–Crippen LogP) is 1.34. The van der Waals surface area contributed by atoms with Crippen LogP contribution >= 0.6 is 0 Å². The molecule has 0 atom stereocenters. The Labute approximate surface area is 104 Å². The van der Waals surface area contributed by atoms with E-state index in [1.165, 1.54) is 0 Å². The van der Waals surface area contributed by atoms with E-state index in [1.807, 2.05) is 20.9 Å². The topological polar surface area (TPSA) is 38.8 Å². The summed E-state index contributed by atoms with van der Waals surface area (Å²) in [5, 5.41) is 0. The van der Waals surface area contributed by atoms with Crippen molar-refractivity contribution in [2.75, 3.05) is 40.0 Å². The molecule has 0 radical (unpaired) electrons. The normalized spacial score (nSPS) is 19.8. The van der Waals surface area contributed by atoms with Gasteiger partial charge in [-0.3, -0.25) is 0 Å². The minimum atomic E-state index is -0.204. The van der Waals surface area contributed by atoms with E-state index in [1.54, 1.807) is 0 Å². The van der Waals surface area contributed by atoms with Gasteiger partial charge in [-0.25, -0.2) is 0 Å². The van der Waals surface area contributed by atoms with Crippen molar-refractivity contribution in [1.82, 2.24) is 4.90 Å². The number of aldehydes is 1. The molecular formula is C13H25NO3. The van der Waals surface area contributed by atoms with Crippen LogP contribution in [-0.2, 0) is 14.3 Å². The van der Waals surface area contributed by atoms with Gasteiger partial charge in [0.1, 0.15) is 6.29 Å². The fraction of sp³-hybridized carbons (Fsp3) is 0.923. The standard InChI is InChI=1S/C13H25NO3/c1-12(2)17-9-6-14(3)10-13(11-15)4-7-16-8-5-13/h11-12H,4-10H2,1-3H3. The van der Waals surface area contributed by atoms with Gasteiger partial charge in [0.25, 0.3) is 0 Å². The Balaban J connectivity index is 2.31. The van der Waals surface area contributed by atoms with Crippen LogP contribution in [0.3, 0.4) is 0 Å². The Morgan fingerprint density at radius 2 is 2.06 bits per heavy atom. The minimum absolute atomic E-state index is 0.204. The SMILES string of the molecule is CC(C)OCCN(C)CC1(C=O)CCOCC1. The molecule has 0 aromatic rings. The van der Waals surface area contributed by atoms with Gasteiger partial charge in [-0.2, -0.15) is 0 Å². The quantitative estimate of drug-likeness (QED) is 0.633. The highest BCUT2D eigenvalue weighted by molar-refractivity contribution is 5.60. The molecule has 1 rings (SSSR count). The molecule has 0 N–H and O–H groups in total. The molecule has 17 heavy (non-hydrogen) atoms. The van der Waals surface area contributed by atoms with Crippen molar-refractivity contribution in [3.8, 4) is 0 Å². The number of hydrogen-bond donors (Lipinski definition) is 0. The van der Waals surface area contributed by atoms with Crippen LogP contribution in [0.1, 0.15) is 26.7 Å². The van der Waals surface area contributed by atoms with Gasteiger partial charge >= 0.3 is 0 Å². The Bertz CT molecular complexity index is 225. The molecule has 1 aliphatic heterocycles. The molecule has 0 aromatic heterocycles. The summed E-state index contributed by atoms with van der Waals surface area (Å²) >= 11 is 0. The molecule has 1 heterocycles. The molecule has 1 saturated heterocycles. The minimum Gasteiger partial charge on any atom is -0.381 e. The monoisotopic (exact) mass is 243 g/mol. The second-order valence-corrected chi connectivity index (χ2v) is 5.25. The first-order valence-electron chi connectivity index (χ1n) is 6.42. The van der Waals surface area contributed by atoms with Crippen LogP contribution in [0, 0.1) is 5.41 Å². The summed E-state index contributed by atoms with van der Waals surface area (Å²) in [6.45, 7) is 7.87. The molecule has 0 spiro atoms. The smallest absolute Gasteiger partial charge is 0.127 e. The second kappa shape index (κ2) is 7.09. The van der Waals surface area contributed by atoms with E-state index < -0.39 is 0 Å². The molecule has 0 amide bonds. The first kappa shape index (κ1) is 14.6. The van der Waals surface area contributed by atoms with Gasteiger partial charge in [-0.15, -0.1) is 0 Å². The summed E-state index contributed by atoms with van der Waals surface area (Å²) in [5.74, 6) is 0. The molecule has 4 heteroatoms. The zero-order valence-electron chi connectivity index (χ0n) is 11.3. The van der Waals surface area contributed by atoms with Crippen molar-refractivity contribution in [3.63, 3.8) is 0 Å². The van der Waals surface area contributed by atoms with Gasteiger partial charge in [0.15, 0.2) is 0 Å². The van der Waals surface area contributed by atoms with Crippen molar-refractivity contribution < 1.29 is 14.3 Å². The van der Waals surface area contributed by atoms with Gasteiger partial charge in [0.2, 0.25) is 0 Å². The number of nitrogens with zero attached hydrogens (tertiary/aromatic N) is 1. The Hall–Kier alpha value is -0.450. The van der Waals surface area contributed by atoms with Crippen LogP contribution < -0.4 is 0 Å². The van der Waals surface area contributed by atoms with Crippen LogP contribution in [0.4, 0.5) is 0 Å². The highest BCUT2D eigenvalue weighted by atomic mass is 16.5. The lowest BCUT2D eigenvalue weighted by molar-refractivity contribution is -0.123. The summed E-state index contributed by atoms with van der Waals surface area (Å²) in [4.78, 5) is 13.5. The maximum atomic E-state index is 11.3. The van der Waals surface area contributed by atoms with Gasteiger partial charge in [0.05, 0.1) is 12.7 Å². The average Bonchev–Trinajstić information content (AvgIpc) is 2.29. The highest BCUT2D eigenvalue weighted by Gasteiger charge is 2.33. The lowest BCUT2D eigenvalue weighted by Crippen LogP contribution is -2.42. The van der Waals surface area contributed by atoms with E-state index in [0.29, 0.717) is 13.2 Å². The van der Waals surface area contributed by atoms with Crippen molar-refractivity contribution in [2.45, 2.75) is 32.8 Å². The second-order valence-electron chi connectivity index (χ2n) is 5.25. The zero-order chi connectivity index (χ0) is 12.7. The molecule has 4 nitrogen and oxygen atoms in total. The molecule has 0 aliphatic carbocycles. The number of carbonyl (C=O) groups is 1. The largest absolute Gasteiger partial charge is 0.381 e. The number of likely N-dealkylation sites (N-methyl/N-ethyl adjacent to an activating group) is 1. The maximum Gasteiger partial charge on any atom is 0.127 e. The first-order chi connectivity index (χ1) is 8.08. The van der Waals surface area contributed by atoms with Crippen LogP contribution in [0.2, 0.25) is 0 Å². The number of carbonyl (C=O) groups excluding carboxylic acids is 1. The summed E-state index contributed by atoms with van der Waals surface area (Å²) < 4.78 is 10.8. The number of rotatable bonds is 7. The maximum absolute atomic E-state index is 11.3. The van der Waals surface area contributed by atoms with Crippen LogP contribution in [0.15, 0.2) is 0 Å². The lowest BCUT2D eigenvalue weighted by Gasteiger charge is -2.35. The molecule has 0 bridgehead atoms. The van der Waals surface area contributed by atoms with Gasteiger partial charge in [0, 0.05) is 31.7 Å². The van der Waals surface area contributed by atoms with Crippen molar-refractivity contribution in [1.29, 1.82) is 0 Å². The first-order valence-corrected chi connectivity index (χ1v) is 6.42. The third-order valence-electron chi connectivity index (χ3n) is 3.25. The zero-order valence-corrected chi connectivity index (χ0v) is 11.3. The molecule has 0 aromatic carbocycles. The summed E-state index contributed by atoms with van der Waals surface area (Å²) in [6, 6.07) is 0. The average molecular weight is 243 g/mol.